The van der Waals surface area contributed by atoms with Crippen LogP contribution in [0.1, 0.15) is 47.5 Å². The van der Waals surface area contributed by atoms with Crippen LogP contribution in [0.4, 0.5) is 0 Å². The molecule has 0 aromatic carbocycles. The molecule has 0 aliphatic carbocycles. The predicted octanol–water partition coefficient (Wildman–Crippen LogP) is -0.754. The summed E-state index contributed by atoms with van der Waals surface area (Å²) in [5, 5.41) is 37.8. The minimum absolute atomic E-state index is 0.0262. The fraction of sp³-hybridized carbons (Fsp3) is 0.821. The molecule has 2 rings (SSSR count). The smallest absolute Gasteiger partial charge is 0.320 e. The van der Waals surface area contributed by atoms with Gasteiger partial charge in [-0.15, -0.1) is 0 Å². The van der Waals surface area contributed by atoms with E-state index in [1.807, 2.05) is 49.3 Å². The van der Waals surface area contributed by atoms with Gasteiger partial charge in [-0.2, -0.15) is 0 Å². The molecule has 2 aliphatic rings. The summed E-state index contributed by atoms with van der Waals surface area (Å²) in [6, 6.07) is 0. The number of carbonyl (C=O) groups excluding carboxylic acids is 3. The number of carbonyl (C=O) groups is 7. The molecule has 2 fully saturated rings. The minimum atomic E-state index is -0.998. The zero-order chi connectivity index (χ0) is 43.4. The lowest BCUT2D eigenvalue weighted by atomic mass is 9.90. The standard InChI is InChI=1S/C39H69N7O12/c1-30(2)31(32(47)22-44-16-18-45(26-36(53)54)20-21-46(19-17-44)27-37(55)56)29-58-38(57)28-43-11-7-10-42(25-35(51)52)14-13-41(24-34(49)50)9-6-8-40(12-15-43)23-33(48)39(3,4)5/h30-31H,6-29H2,1-5H3,(H,49,50)(H,51,52)(H,53,54)(H,55,56). The van der Waals surface area contributed by atoms with Gasteiger partial charge in [0, 0.05) is 90.5 Å². The molecule has 2 saturated heterocycles. The maximum absolute atomic E-state index is 13.7. The van der Waals surface area contributed by atoms with Crippen LogP contribution in [-0.2, 0) is 38.3 Å². The molecule has 1 unspecified atom stereocenters. The van der Waals surface area contributed by atoms with Gasteiger partial charge in [0.1, 0.15) is 6.61 Å². The fourth-order valence-electron chi connectivity index (χ4n) is 6.95. The number of nitrogens with zero attached hydrogens (tertiary/aromatic N) is 7. The fourth-order valence-corrected chi connectivity index (χ4v) is 6.95. The van der Waals surface area contributed by atoms with E-state index >= 15 is 0 Å². The number of hydrogen-bond acceptors (Lipinski definition) is 15. The second-order valence-electron chi connectivity index (χ2n) is 16.9. The molecule has 0 bridgehead atoms. The van der Waals surface area contributed by atoms with Crippen molar-refractivity contribution in [3.05, 3.63) is 0 Å². The Morgan fingerprint density at radius 3 is 1.07 bits per heavy atom. The first-order chi connectivity index (χ1) is 27.2. The molecule has 1 atom stereocenters. The topological polar surface area (TPSA) is 232 Å². The van der Waals surface area contributed by atoms with E-state index < -0.39 is 41.2 Å². The van der Waals surface area contributed by atoms with E-state index in [0.29, 0.717) is 104 Å². The van der Waals surface area contributed by atoms with Crippen LogP contribution in [0.25, 0.3) is 0 Å². The normalized spacial score (nSPS) is 20.0. The number of carboxylic acids is 4. The Hall–Kier alpha value is -3.59. The van der Waals surface area contributed by atoms with Crippen LogP contribution in [0.2, 0.25) is 0 Å². The van der Waals surface area contributed by atoms with E-state index in [4.69, 9.17) is 4.74 Å². The van der Waals surface area contributed by atoms with Gasteiger partial charge >= 0.3 is 29.8 Å². The number of ketones is 2. The molecule has 0 saturated carbocycles. The zero-order valence-electron chi connectivity index (χ0n) is 35.3. The highest BCUT2D eigenvalue weighted by molar-refractivity contribution is 5.85. The number of carboxylic acid groups (broad SMARTS) is 4. The van der Waals surface area contributed by atoms with Crippen molar-refractivity contribution in [2.75, 3.05) is 144 Å². The molecular weight excluding hydrogens is 758 g/mol. The van der Waals surface area contributed by atoms with E-state index in [1.165, 1.54) is 0 Å². The largest absolute Gasteiger partial charge is 0.480 e. The molecule has 19 nitrogen and oxygen atoms in total. The Bertz CT molecular complexity index is 1330. The number of rotatable bonds is 18. The van der Waals surface area contributed by atoms with Crippen LogP contribution in [0.3, 0.4) is 0 Å². The number of esters is 1. The molecule has 19 heteroatoms. The van der Waals surface area contributed by atoms with Crippen LogP contribution in [0, 0.1) is 17.3 Å². The van der Waals surface area contributed by atoms with Crippen molar-refractivity contribution in [1.82, 2.24) is 34.3 Å². The number of aliphatic carboxylic acids is 4. The second kappa shape index (κ2) is 25.8. The molecule has 2 aliphatic heterocycles. The second-order valence-corrected chi connectivity index (χ2v) is 16.9. The first-order valence-electron chi connectivity index (χ1n) is 20.4. The molecule has 2 heterocycles. The Morgan fingerprint density at radius 2 is 0.759 bits per heavy atom. The van der Waals surface area contributed by atoms with Crippen molar-refractivity contribution in [2.24, 2.45) is 17.3 Å². The third-order valence-corrected chi connectivity index (χ3v) is 10.6. The maximum atomic E-state index is 13.7. The van der Waals surface area contributed by atoms with E-state index in [0.717, 1.165) is 0 Å². The summed E-state index contributed by atoms with van der Waals surface area (Å²) >= 11 is 0. The first-order valence-corrected chi connectivity index (χ1v) is 20.4. The van der Waals surface area contributed by atoms with Crippen molar-refractivity contribution in [2.45, 2.75) is 47.5 Å². The molecule has 4 N–H and O–H groups in total. The van der Waals surface area contributed by atoms with Crippen LogP contribution in [0.15, 0.2) is 0 Å². The van der Waals surface area contributed by atoms with Crippen LogP contribution < -0.4 is 0 Å². The van der Waals surface area contributed by atoms with Crippen molar-refractivity contribution in [1.29, 1.82) is 0 Å². The van der Waals surface area contributed by atoms with Crippen molar-refractivity contribution < 1.29 is 58.7 Å². The Labute approximate surface area is 342 Å². The summed E-state index contributed by atoms with van der Waals surface area (Å²) in [4.78, 5) is 99.2. The Morgan fingerprint density at radius 1 is 0.466 bits per heavy atom. The maximum Gasteiger partial charge on any atom is 0.320 e. The summed E-state index contributed by atoms with van der Waals surface area (Å²) < 4.78 is 5.75. The minimum Gasteiger partial charge on any atom is -0.480 e. The van der Waals surface area contributed by atoms with Gasteiger partial charge in [0.05, 0.1) is 51.7 Å². The molecule has 0 radical (unpaired) electrons. The first kappa shape index (κ1) is 50.6. The van der Waals surface area contributed by atoms with Gasteiger partial charge in [-0.25, -0.2) is 0 Å². The molecule has 58 heavy (non-hydrogen) atoms. The third kappa shape index (κ3) is 21.4. The van der Waals surface area contributed by atoms with E-state index in [9.17, 15) is 54.0 Å². The van der Waals surface area contributed by atoms with Gasteiger partial charge in [0.15, 0.2) is 11.6 Å². The van der Waals surface area contributed by atoms with E-state index in [1.54, 1.807) is 19.6 Å². The molecular formula is C39H69N7O12. The summed E-state index contributed by atoms with van der Waals surface area (Å²) in [5.74, 6) is -5.37. The monoisotopic (exact) mass is 828 g/mol. The number of ether oxygens (including phenoxy) is 1. The summed E-state index contributed by atoms with van der Waals surface area (Å²) in [5.41, 5.74) is -0.566. The summed E-state index contributed by atoms with van der Waals surface area (Å²) in [6.07, 6.45) is 1.09. The van der Waals surface area contributed by atoms with Gasteiger partial charge in [0.2, 0.25) is 0 Å². The van der Waals surface area contributed by atoms with Gasteiger partial charge in [-0.1, -0.05) is 34.6 Å². The highest BCUT2D eigenvalue weighted by Crippen LogP contribution is 2.17. The molecule has 0 amide bonds. The van der Waals surface area contributed by atoms with E-state index in [2.05, 4.69) is 0 Å². The van der Waals surface area contributed by atoms with Crippen molar-refractivity contribution in [3.8, 4) is 0 Å². The van der Waals surface area contributed by atoms with Crippen LogP contribution in [0.5, 0.6) is 0 Å². The summed E-state index contributed by atoms with van der Waals surface area (Å²) in [7, 11) is 0. The molecule has 0 aromatic rings. The Balaban J connectivity index is 2.16. The molecule has 332 valence electrons. The highest BCUT2D eigenvalue weighted by atomic mass is 16.5. The average Bonchev–Trinajstić information content (AvgIpc) is 3.18. The third-order valence-electron chi connectivity index (χ3n) is 10.6. The quantitative estimate of drug-likeness (QED) is 0.125. The van der Waals surface area contributed by atoms with Gasteiger partial charge in [-0.05, 0) is 25.3 Å². The lowest BCUT2D eigenvalue weighted by Gasteiger charge is -2.32. The lowest BCUT2D eigenvalue weighted by molar-refractivity contribution is -0.149. The van der Waals surface area contributed by atoms with Crippen LogP contribution in [-0.4, -0.2) is 240 Å². The van der Waals surface area contributed by atoms with Gasteiger partial charge in [0.25, 0.3) is 0 Å². The van der Waals surface area contributed by atoms with Gasteiger partial charge in [-0.3, -0.25) is 67.9 Å². The summed E-state index contributed by atoms with van der Waals surface area (Å²) in [6.45, 7) is 14.2. The SMILES string of the molecule is CC(C)C(COC(=O)CN1CCCN(CC(=O)O)CCN(CC(=O)O)CCCN(CC(=O)C(C)(C)C)CC1)C(=O)CN1CCN(CC(=O)O)CCN(CC(=O)O)CC1. The van der Waals surface area contributed by atoms with Crippen molar-refractivity contribution >= 4 is 41.4 Å². The number of Topliss-reactive ketones (excluding diaryl/α,β-unsaturated/α-hetero) is 2. The molecule has 0 spiro atoms. The zero-order valence-corrected chi connectivity index (χ0v) is 35.3. The predicted molar refractivity (Wildman–Crippen MR) is 214 cm³/mol. The Kier molecular flexibility index (Phi) is 22.5. The highest BCUT2D eigenvalue weighted by Gasteiger charge is 2.29. The lowest BCUT2D eigenvalue weighted by Crippen LogP contribution is -2.45. The van der Waals surface area contributed by atoms with Gasteiger partial charge < -0.3 is 25.2 Å². The number of hydrogen-bond donors (Lipinski definition) is 4. The molecule has 0 aromatic heterocycles. The van der Waals surface area contributed by atoms with Crippen LogP contribution >= 0.6 is 0 Å². The van der Waals surface area contributed by atoms with E-state index in [-0.39, 0.29) is 69.9 Å². The average molecular weight is 828 g/mol. The van der Waals surface area contributed by atoms with Crippen molar-refractivity contribution in [3.63, 3.8) is 0 Å².